The molecule has 8 nitrogen and oxygen atoms in total. The van der Waals surface area contributed by atoms with E-state index in [0.29, 0.717) is 35.3 Å². The first-order valence-electron chi connectivity index (χ1n) is 14.7. The first-order chi connectivity index (χ1) is 19.6. The van der Waals surface area contributed by atoms with Gasteiger partial charge in [0.2, 0.25) is 0 Å². The van der Waals surface area contributed by atoms with Crippen LogP contribution in [0.4, 0.5) is 0 Å². The standard InChI is InChI=1S/C33H38N4O4/c1-21(2)22-10-12-27-23(16-22)11-13-28-32(3,14-7-15-33(27,28)4)20-41-29(38)19-36-17-24(34-35-36)18-37-30(39)25-8-5-6-9-26(25)31(37)40/h5-6,8-10,12,16-17,21,28H,7,11,13-15,18-20H2,1-4H3/t28-,32-,33+/m0/s1. The molecule has 0 spiro atoms. The number of amides is 2. The third-order valence-corrected chi connectivity index (χ3v) is 9.81. The van der Waals surface area contributed by atoms with Crippen molar-refractivity contribution in [2.75, 3.05) is 6.61 Å². The second-order valence-corrected chi connectivity index (χ2v) is 12.9. The van der Waals surface area contributed by atoms with Crippen LogP contribution < -0.4 is 0 Å². The van der Waals surface area contributed by atoms with E-state index in [4.69, 9.17) is 4.74 Å². The molecule has 0 N–H and O–H groups in total. The smallest absolute Gasteiger partial charge is 0.327 e. The Morgan fingerprint density at radius 1 is 1.07 bits per heavy atom. The van der Waals surface area contributed by atoms with E-state index in [1.54, 1.807) is 30.5 Å². The molecule has 3 atom stereocenters. The largest absolute Gasteiger partial charge is 0.464 e. The van der Waals surface area contributed by atoms with Crippen LogP contribution in [0.15, 0.2) is 48.7 Å². The average Bonchev–Trinajstić information content (AvgIpc) is 3.49. The minimum Gasteiger partial charge on any atom is -0.464 e. The number of benzene rings is 2. The molecular weight excluding hydrogens is 516 g/mol. The third-order valence-electron chi connectivity index (χ3n) is 9.81. The number of carbonyl (C=O) groups excluding carboxylic acids is 3. The summed E-state index contributed by atoms with van der Waals surface area (Å²) in [6, 6.07) is 13.8. The number of ether oxygens (including phenoxy) is 1. The highest BCUT2D eigenvalue weighted by Gasteiger charge is 2.52. The van der Waals surface area contributed by atoms with Crippen molar-refractivity contribution in [3.63, 3.8) is 0 Å². The summed E-state index contributed by atoms with van der Waals surface area (Å²) >= 11 is 0. The van der Waals surface area contributed by atoms with Crippen LogP contribution in [0.5, 0.6) is 0 Å². The monoisotopic (exact) mass is 554 g/mol. The highest BCUT2D eigenvalue weighted by Crippen LogP contribution is 2.57. The van der Waals surface area contributed by atoms with Crippen molar-refractivity contribution >= 4 is 17.8 Å². The number of aryl methyl sites for hydroxylation is 1. The van der Waals surface area contributed by atoms with E-state index in [0.717, 1.165) is 37.0 Å². The maximum absolute atomic E-state index is 12.9. The summed E-state index contributed by atoms with van der Waals surface area (Å²) in [7, 11) is 0. The van der Waals surface area contributed by atoms with Gasteiger partial charge in [-0.15, -0.1) is 5.10 Å². The number of imide groups is 1. The van der Waals surface area contributed by atoms with Crippen LogP contribution in [0.2, 0.25) is 0 Å². The van der Waals surface area contributed by atoms with Crippen molar-refractivity contribution in [1.29, 1.82) is 0 Å². The number of carbonyl (C=O) groups is 3. The molecule has 3 aromatic rings. The summed E-state index contributed by atoms with van der Waals surface area (Å²) in [5.41, 5.74) is 5.55. The van der Waals surface area contributed by atoms with Gasteiger partial charge in [0, 0.05) is 5.41 Å². The summed E-state index contributed by atoms with van der Waals surface area (Å²) in [6.45, 7) is 9.49. The Bertz CT molecular complexity index is 1490. The SMILES string of the molecule is CC(C)c1ccc2c(c1)CC[C@H]1[C@](C)(COC(=O)Cn3cc(CN4C(=O)c5ccccc5C4=O)nn3)CCC[C@]21C. The van der Waals surface area contributed by atoms with Crippen molar-refractivity contribution < 1.29 is 19.1 Å². The van der Waals surface area contributed by atoms with Crippen molar-refractivity contribution in [2.24, 2.45) is 11.3 Å². The third kappa shape index (κ3) is 4.77. The Hall–Kier alpha value is -3.81. The molecule has 8 heteroatoms. The van der Waals surface area contributed by atoms with Crippen molar-refractivity contribution in [3.8, 4) is 0 Å². The normalized spacial score (nSPS) is 25.2. The highest BCUT2D eigenvalue weighted by atomic mass is 16.5. The molecule has 6 rings (SSSR count). The predicted octanol–water partition coefficient (Wildman–Crippen LogP) is 5.45. The Morgan fingerprint density at radius 2 is 1.80 bits per heavy atom. The van der Waals surface area contributed by atoms with Crippen molar-refractivity contribution in [2.45, 2.75) is 84.2 Å². The van der Waals surface area contributed by atoms with Crippen LogP contribution >= 0.6 is 0 Å². The molecule has 2 heterocycles. The Kier molecular flexibility index (Phi) is 6.83. The van der Waals surface area contributed by atoms with Gasteiger partial charge in [-0.1, -0.05) is 69.7 Å². The van der Waals surface area contributed by atoms with E-state index in [2.05, 4.69) is 56.2 Å². The highest BCUT2D eigenvalue weighted by molar-refractivity contribution is 6.21. The van der Waals surface area contributed by atoms with Crippen molar-refractivity contribution in [1.82, 2.24) is 19.9 Å². The second-order valence-electron chi connectivity index (χ2n) is 12.9. The first-order valence-corrected chi connectivity index (χ1v) is 14.7. The quantitative estimate of drug-likeness (QED) is 0.285. The maximum atomic E-state index is 12.9. The first kappa shape index (κ1) is 27.4. The fourth-order valence-corrected chi connectivity index (χ4v) is 7.63. The Morgan fingerprint density at radius 3 is 2.51 bits per heavy atom. The summed E-state index contributed by atoms with van der Waals surface area (Å²) in [5.74, 6) is -0.110. The van der Waals surface area contributed by atoms with Crippen LogP contribution in [-0.2, 0) is 34.5 Å². The molecule has 1 saturated carbocycles. The summed E-state index contributed by atoms with van der Waals surface area (Å²) in [6.07, 6.45) is 7.06. The predicted molar refractivity (Wildman–Crippen MR) is 153 cm³/mol. The molecule has 0 radical (unpaired) electrons. The van der Waals surface area contributed by atoms with Crippen LogP contribution in [-0.4, -0.2) is 44.3 Å². The second kappa shape index (κ2) is 10.2. The fraction of sp³-hybridized carbons (Fsp3) is 0.485. The van der Waals surface area contributed by atoms with E-state index in [1.807, 2.05) is 0 Å². The lowest BCUT2D eigenvalue weighted by Gasteiger charge is -2.55. The van der Waals surface area contributed by atoms with Crippen LogP contribution in [0.1, 0.15) is 102 Å². The molecule has 0 bridgehead atoms. The van der Waals surface area contributed by atoms with E-state index in [1.165, 1.54) is 21.4 Å². The zero-order valence-corrected chi connectivity index (χ0v) is 24.4. The van der Waals surface area contributed by atoms with Gasteiger partial charge in [-0.25, -0.2) is 4.68 Å². The summed E-state index contributed by atoms with van der Waals surface area (Å²) in [5, 5.41) is 8.14. The number of fused-ring (bicyclic) bond motifs is 4. The molecule has 3 aliphatic rings. The van der Waals surface area contributed by atoms with Crippen LogP contribution in [0, 0.1) is 11.3 Å². The zero-order chi connectivity index (χ0) is 28.9. The number of esters is 1. The van der Waals surface area contributed by atoms with Gasteiger partial charge in [0.25, 0.3) is 11.8 Å². The molecule has 0 saturated heterocycles. The number of hydrogen-bond acceptors (Lipinski definition) is 6. The number of aromatic nitrogens is 3. The van der Waals surface area contributed by atoms with Crippen molar-refractivity contribution in [3.05, 3.63) is 82.2 Å². The van der Waals surface area contributed by atoms with Gasteiger partial charge in [0.15, 0.2) is 0 Å². The summed E-state index contributed by atoms with van der Waals surface area (Å²) < 4.78 is 7.30. The van der Waals surface area contributed by atoms with E-state index >= 15 is 0 Å². The van der Waals surface area contributed by atoms with Gasteiger partial charge >= 0.3 is 5.97 Å². The van der Waals surface area contributed by atoms with Crippen LogP contribution in [0.3, 0.4) is 0 Å². The van der Waals surface area contributed by atoms with E-state index in [9.17, 15) is 14.4 Å². The van der Waals surface area contributed by atoms with Gasteiger partial charge in [-0.3, -0.25) is 19.3 Å². The molecule has 2 aliphatic carbocycles. The lowest BCUT2D eigenvalue weighted by atomic mass is 9.50. The molecule has 41 heavy (non-hydrogen) atoms. The fourth-order valence-electron chi connectivity index (χ4n) is 7.63. The lowest BCUT2D eigenvalue weighted by Crippen LogP contribution is -2.51. The van der Waals surface area contributed by atoms with Gasteiger partial charge in [0.1, 0.15) is 12.2 Å². The molecule has 214 valence electrons. The van der Waals surface area contributed by atoms with Gasteiger partial charge in [0.05, 0.1) is 30.5 Å². The van der Waals surface area contributed by atoms with Gasteiger partial charge in [-0.2, -0.15) is 0 Å². The topological polar surface area (TPSA) is 94.4 Å². The number of rotatable bonds is 7. The zero-order valence-electron chi connectivity index (χ0n) is 24.4. The minimum atomic E-state index is -0.367. The molecule has 0 unspecified atom stereocenters. The molecule has 1 aromatic heterocycles. The molecule has 1 aliphatic heterocycles. The van der Waals surface area contributed by atoms with Gasteiger partial charge < -0.3 is 4.74 Å². The average molecular weight is 555 g/mol. The number of nitrogens with zero attached hydrogens (tertiary/aromatic N) is 4. The molecule has 2 amide bonds. The Labute approximate surface area is 241 Å². The minimum absolute atomic E-state index is 0.000135. The number of hydrogen-bond donors (Lipinski definition) is 0. The molecular formula is C33H38N4O4. The van der Waals surface area contributed by atoms with E-state index < -0.39 is 0 Å². The Balaban J connectivity index is 1.08. The van der Waals surface area contributed by atoms with Crippen LogP contribution in [0.25, 0.3) is 0 Å². The lowest BCUT2D eigenvalue weighted by molar-refractivity contribution is -0.152. The summed E-state index contributed by atoms with van der Waals surface area (Å²) in [4.78, 5) is 39.4. The molecule has 2 aromatic carbocycles. The molecule has 1 fully saturated rings. The van der Waals surface area contributed by atoms with E-state index in [-0.39, 0.29) is 41.7 Å². The van der Waals surface area contributed by atoms with Gasteiger partial charge in [-0.05, 0) is 71.8 Å². The maximum Gasteiger partial charge on any atom is 0.327 e.